The van der Waals surface area contributed by atoms with Crippen molar-refractivity contribution in [2.24, 2.45) is 4.99 Å². The number of hydrogen-bond acceptors (Lipinski definition) is 6. The Bertz CT molecular complexity index is 851. The van der Waals surface area contributed by atoms with E-state index in [0.29, 0.717) is 11.7 Å². The van der Waals surface area contributed by atoms with Crippen LogP contribution in [-0.4, -0.2) is 49.6 Å². The summed E-state index contributed by atoms with van der Waals surface area (Å²) in [6.07, 6.45) is 0.969. The van der Waals surface area contributed by atoms with Crippen LogP contribution in [0.1, 0.15) is 23.8 Å². The molecular formula is C20H25FN4OS. The molecule has 0 spiro atoms. The summed E-state index contributed by atoms with van der Waals surface area (Å²) in [6, 6.07) is 7.27. The molecule has 0 amide bonds. The summed E-state index contributed by atoms with van der Waals surface area (Å²) >= 11 is 1.71. The first kappa shape index (κ1) is 18.4. The van der Waals surface area contributed by atoms with E-state index in [1.54, 1.807) is 17.4 Å². The number of aryl methyl sites for hydroxylation is 1. The van der Waals surface area contributed by atoms with Crippen molar-refractivity contribution in [3.05, 3.63) is 40.5 Å². The predicted molar refractivity (Wildman–Crippen MR) is 109 cm³/mol. The van der Waals surface area contributed by atoms with Gasteiger partial charge < -0.3 is 20.3 Å². The Kier molecular flexibility index (Phi) is 5.43. The van der Waals surface area contributed by atoms with Crippen molar-refractivity contribution in [1.82, 2.24) is 10.2 Å². The smallest absolute Gasteiger partial charge is 0.139 e. The summed E-state index contributed by atoms with van der Waals surface area (Å²) in [5, 5.41) is 8.09. The van der Waals surface area contributed by atoms with Crippen molar-refractivity contribution < 1.29 is 9.13 Å². The van der Waals surface area contributed by atoms with E-state index in [0.717, 1.165) is 61.4 Å². The van der Waals surface area contributed by atoms with Crippen LogP contribution in [0.25, 0.3) is 0 Å². The third-order valence-electron chi connectivity index (χ3n) is 4.90. The molecule has 2 aliphatic heterocycles. The summed E-state index contributed by atoms with van der Waals surface area (Å²) in [5.74, 6) is 0.657. The van der Waals surface area contributed by atoms with Crippen molar-refractivity contribution in [2.75, 3.05) is 38.2 Å². The van der Waals surface area contributed by atoms with Gasteiger partial charge in [-0.1, -0.05) is 0 Å². The number of hydrogen-bond donors (Lipinski definition) is 2. The molecular weight excluding hydrogens is 363 g/mol. The number of rotatable bonds is 4. The van der Waals surface area contributed by atoms with Crippen LogP contribution in [0, 0.1) is 12.7 Å². The molecule has 4 rings (SSSR count). The molecule has 7 heteroatoms. The van der Waals surface area contributed by atoms with E-state index in [1.807, 2.05) is 6.92 Å². The minimum atomic E-state index is -0.269. The molecule has 0 radical (unpaired) electrons. The maximum Gasteiger partial charge on any atom is 0.139 e. The lowest BCUT2D eigenvalue weighted by Crippen LogP contribution is -2.53. The van der Waals surface area contributed by atoms with Crippen molar-refractivity contribution >= 4 is 33.5 Å². The number of aliphatic imine (C=N–C) groups is 1. The number of anilines is 2. The Morgan fingerprint density at radius 3 is 3.11 bits per heavy atom. The topological polar surface area (TPSA) is 48.9 Å². The van der Waals surface area contributed by atoms with Crippen LogP contribution in [0.4, 0.5) is 20.8 Å². The van der Waals surface area contributed by atoms with Crippen LogP contribution >= 0.6 is 11.3 Å². The summed E-state index contributed by atoms with van der Waals surface area (Å²) in [4.78, 5) is 8.45. The molecule has 27 heavy (non-hydrogen) atoms. The van der Waals surface area contributed by atoms with Gasteiger partial charge in [0.1, 0.15) is 16.7 Å². The van der Waals surface area contributed by atoms with Crippen LogP contribution in [-0.2, 0) is 4.74 Å². The lowest BCUT2D eigenvalue weighted by Gasteiger charge is -2.35. The first-order valence-corrected chi connectivity index (χ1v) is 10.3. The van der Waals surface area contributed by atoms with E-state index in [4.69, 9.17) is 9.73 Å². The quantitative estimate of drug-likeness (QED) is 0.777. The SMILES string of the molecule is CCOCC[C@H]1CN(C2=Nc3cc(F)ccc3Nc3sc(C)cc32)CCN1. The van der Waals surface area contributed by atoms with E-state index in [9.17, 15) is 4.39 Å². The van der Waals surface area contributed by atoms with Gasteiger partial charge in [-0.3, -0.25) is 0 Å². The third kappa shape index (κ3) is 4.00. The standard InChI is InChI=1S/C20H25FN4OS/c1-3-26-9-6-15-12-25(8-7-22-15)19-16-10-13(2)27-20(16)24-17-5-4-14(21)11-18(17)23-19/h4-5,10-11,15,22,24H,3,6-9,12H2,1-2H3/t15-/m0/s1. The maximum atomic E-state index is 13.8. The molecule has 5 nitrogen and oxygen atoms in total. The van der Waals surface area contributed by atoms with Gasteiger partial charge in [0.15, 0.2) is 0 Å². The van der Waals surface area contributed by atoms with Crippen LogP contribution in [0.3, 0.4) is 0 Å². The number of nitrogens with one attached hydrogen (secondary N) is 2. The number of piperazine rings is 1. The second kappa shape index (κ2) is 7.96. The fourth-order valence-electron chi connectivity index (χ4n) is 3.60. The molecule has 0 aliphatic carbocycles. The number of halogens is 1. The molecule has 1 aromatic carbocycles. The first-order chi connectivity index (χ1) is 13.1. The van der Waals surface area contributed by atoms with Gasteiger partial charge in [0, 0.05) is 49.8 Å². The maximum absolute atomic E-state index is 13.8. The second-order valence-corrected chi connectivity index (χ2v) is 8.16. The molecule has 0 bridgehead atoms. The van der Waals surface area contributed by atoms with E-state index in [1.165, 1.54) is 17.0 Å². The van der Waals surface area contributed by atoms with Gasteiger partial charge in [0.05, 0.1) is 16.9 Å². The monoisotopic (exact) mass is 388 g/mol. The van der Waals surface area contributed by atoms with Crippen molar-refractivity contribution in [1.29, 1.82) is 0 Å². The molecule has 2 aromatic rings. The van der Waals surface area contributed by atoms with Gasteiger partial charge in [-0.2, -0.15) is 0 Å². The first-order valence-electron chi connectivity index (χ1n) is 9.46. The Labute approximate surface area is 163 Å². The van der Waals surface area contributed by atoms with E-state index in [-0.39, 0.29) is 5.82 Å². The van der Waals surface area contributed by atoms with Gasteiger partial charge in [0.25, 0.3) is 0 Å². The highest BCUT2D eigenvalue weighted by Crippen LogP contribution is 2.39. The Morgan fingerprint density at radius 2 is 2.26 bits per heavy atom. The zero-order valence-electron chi connectivity index (χ0n) is 15.7. The average Bonchev–Trinajstić information content (AvgIpc) is 2.95. The van der Waals surface area contributed by atoms with Crippen LogP contribution in [0.2, 0.25) is 0 Å². The van der Waals surface area contributed by atoms with Crippen molar-refractivity contribution in [2.45, 2.75) is 26.3 Å². The number of fused-ring (bicyclic) bond motifs is 2. The molecule has 1 atom stereocenters. The molecule has 3 heterocycles. The summed E-state index contributed by atoms with van der Waals surface area (Å²) in [7, 11) is 0. The molecule has 1 aromatic heterocycles. The molecule has 0 unspecified atom stereocenters. The number of amidine groups is 1. The van der Waals surface area contributed by atoms with Gasteiger partial charge in [-0.15, -0.1) is 11.3 Å². The number of nitrogens with zero attached hydrogens (tertiary/aromatic N) is 2. The number of benzene rings is 1. The zero-order chi connectivity index (χ0) is 18.8. The van der Waals surface area contributed by atoms with Gasteiger partial charge >= 0.3 is 0 Å². The van der Waals surface area contributed by atoms with Crippen LogP contribution in [0.5, 0.6) is 0 Å². The number of ether oxygens (including phenoxy) is 1. The van der Waals surface area contributed by atoms with Crippen LogP contribution in [0.15, 0.2) is 29.3 Å². The fourth-order valence-corrected chi connectivity index (χ4v) is 4.51. The highest BCUT2D eigenvalue weighted by Gasteiger charge is 2.27. The predicted octanol–water partition coefficient (Wildman–Crippen LogP) is 4.03. The molecule has 2 N–H and O–H groups in total. The Morgan fingerprint density at radius 1 is 1.37 bits per heavy atom. The highest BCUT2D eigenvalue weighted by atomic mass is 32.1. The van der Waals surface area contributed by atoms with Crippen molar-refractivity contribution in [3.63, 3.8) is 0 Å². The largest absolute Gasteiger partial charge is 0.382 e. The highest BCUT2D eigenvalue weighted by molar-refractivity contribution is 7.16. The third-order valence-corrected chi connectivity index (χ3v) is 5.87. The van der Waals surface area contributed by atoms with Crippen molar-refractivity contribution in [3.8, 4) is 0 Å². The zero-order valence-corrected chi connectivity index (χ0v) is 16.5. The molecule has 1 fully saturated rings. The van der Waals surface area contributed by atoms with E-state index >= 15 is 0 Å². The van der Waals surface area contributed by atoms with Gasteiger partial charge in [0.2, 0.25) is 0 Å². The minimum Gasteiger partial charge on any atom is -0.382 e. The summed E-state index contributed by atoms with van der Waals surface area (Å²) < 4.78 is 19.3. The Balaban J connectivity index is 1.66. The summed E-state index contributed by atoms with van der Waals surface area (Å²) in [6.45, 7) is 8.27. The average molecular weight is 389 g/mol. The van der Waals surface area contributed by atoms with Gasteiger partial charge in [-0.05, 0) is 38.5 Å². The van der Waals surface area contributed by atoms with Crippen LogP contribution < -0.4 is 10.6 Å². The molecule has 2 aliphatic rings. The normalized spacial score (nSPS) is 19.0. The summed E-state index contributed by atoms with van der Waals surface area (Å²) in [5.41, 5.74) is 2.59. The molecule has 144 valence electrons. The molecule has 1 saturated heterocycles. The lowest BCUT2D eigenvalue weighted by atomic mass is 10.1. The van der Waals surface area contributed by atoms with E-state index in [2.05, 4.69) is 28.5 Å². The van der Waals surface area contributed by atoms with Gasteiger partial charge in [-0.25, -0.2) is 9.38 Å². The van der Waals surface area contributed by atoms with E-state index < -0.39 is 0 Å². The molecule has 0 saturated carbocycles. The Hall–Kier alpha value is -1.96. The minimum absolute atomic E-state index is 0.269. The lowest BCUT2D eigenvalue weighted by molar-refractivity contribution is 0.128. The fraction of sp³-hybridized carbons (Fsp3) is 0.450. The number of thiophene rings is 1. The second-order valence-electron chi connectivity index (χ2n) is 6.90.